The van der Waals surface area contributed by atoms with Gasteiger partial charge in [-0.1, -0.05) is 43.0 Å². The van der Waals surface area contributed by atoms with Gasteiger partial charge in [0, 0.05) is 49.6 Å². The van der Waals surface area contributed by atoms with Crippen LogP contribution in [-0.4, -0.2) is 68.7 Å². The zero-order chi connectivity index (χ0) is 29.0. The highest BCUT2D eigenvalue weighted by molar-refractivity contribution is 7.89. The number of piperazine rings is 1. The summed E-state index contributed by atoms with van der Waals surface area (Å²) in [6.07, 6.45) is 12.8. The number of ether oxygens (including phenoxy) is 1. The second-order valence-corrected chi connectivity index (χ2v) is 15.7. The largest absolute Gasteiger partial charge is 0.381 e. The summed E-state index contributed by atoms with van der Waals surface area (Å²) in [5.41, 5.74) is 8.00. The zero-order valence-electron chi connectivity index (χ0n) is 24.7. The molecule has 7 atom stereocenters. The number of halogens is 1. The predicted octanol–water partition coefficient (Wildman–Crippen LogP) is 5.27. The van der Waals surface area contributed by atoms with Crippen molar-refractivity contribution in [3.63, 3.8) is 0 Å². The summed E-state index contributed by atoms with van der Waals surface area (Å²) in [5, 5.41) is 4.29. The van der Waals surface area contributed by atoms with Crippen LogP contribution in [0.15, 0.2) is 24.3 Å². The number of carbonyl (C=O) groups is 1. The number of nitrogens with one attached hydrogen (secondary N) is 1. The van der Waals surface area contributed by atoms with Crippen LogP contribution < -0.4 is 11.1 Å². The Kier molecular flexibility index (Phi) is 10.9. The van der Waals surface area contributed by atoms with E-state index in [1.54, 1.807) is 11.4 Å². The van der Waals surface area contributed by atoms with Crippen LogP contribution >= 0.6 is 11.6 Å². The van der Waals surface area contributed by atoms with Crippen LogP contribution in [0.4, 0.5) is 0 Å². The third kappa shape index (κ3) is 7.74. The lowest BCUT2D eigenvalue weighted by molar-refractivity contribution is -0.123. The first-order chi connectivity index (χ1) is 19.7. The Labute approximate surface area is 252 Å². The average Bonchev–Trinajstić information content (AvgIpc) is 3.09. The fourth-order valence-electron chi connectivity index (χ4n) is 8.32. The molecule has 4 fully saturated rings. The Balaban J connectivity index is 1.24. The van der Waals surface area contributed by atoms with Crippen LogP contribution in [0.2, 0.25) is 5.02 Å². The van der Waals surface area contributed by atoms with Gasteiger partial charge in [0.1, 0.15) is 5.78 Å². The molecule has 4 aliphatic rings. The highest BCUT2D eigenvalue weighted by Gasteiger charge is 2.40. The molecule has 3 N–H and O–H groups in total. The van der Waals surface area contributed by atoms with Crippen molar-refractivity contribution in [1.29, 1.82) is 0 Å². The number of rotatable bonds is 10. The van der Waals surface area contributed by atoms with Crippen LogP contribution in [-0.2, 0) is 19.6 Å². The molecule has 9 heteroatoms. The Morgan fingerprint density at radius 2 is 1.73 bits per heavy atom. The molecule has 41 heavy (non-hydrogen) atoms. The summed E-state index contributed by atoms with van der Waals surface area (Å²) < 4.78 is 33.3. The van der Waals surface area contributed by atoms with Gasteiger partial charge in [-0.2, -0.15) is 4.31 Å². The average molecular weight is 608 g/mol. The summed E-state index contributed by atoms with van der Waals surface area (Å²) in [6, 6.07) is 7.67. The van der Waals surface area contributed by atoms with E-state index in [9.17, 15) is 13.2 Å². The second kappa shape index (κ2) is 14.2. The Morgan fingerprint density at radius 3 is 2.44 bits per heavy atom. The van der Waals surface area contributed by atoms with E-state index < -0.39 is 16.1 Å². The van der Waals surface area contributed by atoms with Gasteiger partial charge in [-0.05, 0) is 93.2 Å². The van der Waals surface area contributed by atoms with Crippen molar-refractivity contribution in [2.24, 2.45) is 23.5 Å². The van der Waals surface area contributed by atoms with Gasteiger partial charge in [0.2, 0.25) is 10.0 Å². The third-order valence-corrected chi connectivity index (χ3v) is 13.0. The second-order valence-electron chi connectivity index (χ2n) is 13.2. The van der Waals surface area contributed by atoms with E-state index in [0.717, 1.165) is 82.7 Å². The molecule has 0 aromatic heterocycles. The van der Waals surface area contributed by atoms with Crippen molar-refractivity contribution in [1.82, 2.24) is 9.62 Å². The van der Waals surface area contributed by atoms with E-state index in [0.29, 0.717) is 41.8 Å². The maximum Gasteiger partial charge on any atom is 0.214 e. The quantitative estimate of drug-likeness (QED) is 0.376. The molecule has 2 heterocycles. The van der Waals surface area contributed by atoms with Crippen molar-refractivity contribution in [2.75, 3.05) is 26.0 Å². The number of nitrogens with zero attached hydrogens (tertiary/aromatic N) is 1. The molecule has 1 aromatic rings. The van der Waals surface area contributed by atoms with E-state index in [-0.39, 0.29) is 29.5 Å². The van der Waals surface area contributed by atoms with Crippen LogP contribution in [0.5, 0.6) is 0 Å². The van der Waals surface area contributed by atoms with Crippen molar-refractivity contribution in [3.8, 4) is 0 Å². The third-order valence-electron chi connectivity index (χ3n) is 10.7. The fourth-order valence-corrected chi connectivity index (χ4v) is 10.3. The Hall–Kier alpha value is -1.03. The normalized spacial score (nSPS) is 35.2. The van der Waals surface area contributed by atoms with Gasteiger partial charge >= 0.3 is 0 Å². The summed E-state index contributed by atoms with van der Waals surface area (Å²) in [4.78, 5) is 13.9. The van der Waals surface area contributed by atoms with E-state index in [2.05, 4.69) is 5.32 Å². The smallest absolute Gasteiger partial charge is 0.214 e. The molecule has 2 aliphatic heterocycles. The maximum atomic E-state index is 13.9. The topological polar surface area (TPSA) is 102 Å². The first kappa shape index (κ1) is 31.4. The number of carbonyl (C=O) groups excluding carboxylic acids is 1. The molecule has 1 aromatic carbocycles. The lowest BCUT2D eigenvalue weighted by Crippen LogP contribution is -2.57. The van der Waals surface area contributed by atoms with Crippen LogP contribution in [0.1, 0.15) is 95.0 Å². The monoisotopic (exact) mass is 607 g/mol. The lowest BCUT2D eigenvalue weighted by Gasteiger charge is -2.40. The van der Waals surface area contributed by atoms with Crippen molar-refractivity contribution >= 4 is 27.4 Å². The SMILES string of the molecule is COC1CCC([C@H](c2ccc(Cl)cc2)[C@H](N)C(=O)C[C@H]2CCCC[C@@H]2CC[C@H]2CN[C@@H]3CCCS(=O)(=O)N2C3)CC1. The van der Waals surface area contributed by atoms with Crippen LogP contribution in [0.3, 0.4) is 0 Å². The molecule has 1 unspecified atom stereocenters. The molecule has 7 nitrogen and oxygen atoms in total. The van der Waals surface area contributed by atoms with Gasteiger partial charge in [-0.3, -0.25) is 4.79 Å². The number of hydrogen-bond donors (Lipinski definition) is 2. The van der Waals surface area contributed by atoms with Gasteiger partial charge < -0.3 is 15.8 Å². The van der Waals surface area contributed by atoms with Crippen LogP contribution in [0, 0.1) is 17.8 Å². The van der Waals surface area contributed by atoms with Crippen molar-refractivity contribution in [3.05, 3.63) is 34.9 Å². The number of sulfonamides is 1. The number of methoxy groups -OCH3 is 1. The van der Waals surface area contributed by atoms with Gasteiger partial charge in [0.15, 0.2) is 0 Å². The molecule has 0 amide bonds. The minimum absolute atomic E-state index is 0.0193. The fraction of sp³-hybridized carbons (Fsp3) is 0.781. The van der Waals surface area contributed by atoms with Gasteiger partial charge in [-0.25, -0.2) is 8.42 Å². The van der Waals surface area contributed by atoms with E-state index >= 15 is 0 Å². The molecule has 5 rings (SSSR count). The molecular weight excluding hydrogens is 558 g/mol. The Morgan fingerprint density at radius 1 is 1.02 bits per heavy atom. The molecule has 0 radical (unpaired) electrons. The molecule has 0 spiro atoms. The summed E-state index contributed by atoms with van der Waals surface area (Å²) >= 11 is 6.21. The molecule has 230 valence electrons. The van der Waals surface area contributed by atoms with Crippen molar-refractivity contribution < 1.29 is 17.9 Å². The van der Waals surface area contributed by atoms with Gasteiger partial charge in [-0.15, -0.1) is 0 Å². The molecular formula is C32H50ClN3O4S. The van der Waals surface area contributed by atoms with Gasteiger partial charge in [0.25, 0.3) is 0 Å². The van der Waals surface area contributed by atoms with Crippen molar-refractivity contribution in [2.45, 2.75) is 114 Å². The first-order valence-corrected chi connectivity index (χ1v) is 18.0. The molecule has 2 aliphatic carbocycles. The number of fused-ring (bicyclic) bond motifs is 2. The maximum absolute atomic E-state index is 13.9. The van der Waals surface area contributed by atoms with E-state index in [1.165, 1.54) is 6.42 Å². The van der Waals surface area contributed by atoms with Crippen LogP contribution in [0.25, 0.3) is 0 Å². The number of hydrogen-bond acceptors (Lipinski definition) is 6. The zero-order valence-corrected chi connectivity index (χ0v) is 26.3. The lowest BCUT2D eigenvalue weighted by atomic mass is 9.69. The number of Topliss-reactive ketones (excluding diaryl/α,β-unsaturated/α-hetero) is 1. The molecule has 2 saturated heterocycles. The van der Waals surface area contributed by atoms with E-state index in [1.807, 2.05) is 24.3 Å². The summed E-state index contributed by atoms with van der Waals surface area (Å²) in [7, 11) is -1.40. The number of benzene rings is 1. The standard InChI is InChI=1S/C32H50ClN3O4S/c1-40-29-16-11-24(12-17-29)31(23-8-13-26(33)14-9-23)32(34)30(37)19-25-6-3-2-5-22(25)10-15-28-20-35-27-7-4-18-41(38,39)36(28)21-27/h8-9,13-14,22,24-25,27-29,31-32,35H,2-7,10-12,15-21,34H2,1H3/t22-,24?,25-,27-,28+,29?,31+,32-/m1/s1. The van der Waals surface area contributed by atoms with E-state index in [4.69, 9.17) is 22.1 Å². The summed E-state index contributed by atoms with van der Waals surface area (Å²) in [6.45, 7) is 1.34. The number of nitrogens with two attached hydrogens (primary N) is 1. The first-order valence-electron chi connectivity index (χ1n) is 16.0. The Bertz CT molecular complexity index is 1110. The highest BCUT2D eigenvalue weighted by Crippen LogP contribution is 2.41. The molecule has 2 bridgehead atoms. The number of ketones is 1. The van der Waals surface area contributed by atoms with Gasteiger partial charge in [0.05, 0.1) is 17.9 Å². The highest BCUT2D eigenvalue weighted by atomic mass is 35.5. The predicted molar refractivity (Wildman–Crippen MR) is 165 cm³/mol. The summed E-state index contributed by atoms with van der Waals surface area (Å²) in [5.74, 6) is 1.53. The minimum Gasteiger partial charge on any atom is -0.381 e. The minimum atomic E-state index is -3.19. The molecule has 2 saturated carbocycles.